The lowest BCUT2D eigenvalue weighted by Crippen LogP contribution is -2.14. The Hall–Kier alpha value is -2.88. The van der Waals surface area contributed by atoms with Gasteiger partial charge in [0.2, 0.25) is 0 Å². The Morgan fingerprint density at radius 3 is 2.68 bits per heavy atom. The molecule has 0 heterocycles. The number of rotatable bonds is 7. The summed E-state index contributed by atoms with van der Waals surface area (Å²) >= 11 is 0. The van der Waals surface area contributed by atoms with Crippen LogP contribution in [0.5, 0.6) is 5.75 Å². The molecule has 1 aromatic carbocycles. The third kappa shape index (κ3) is 6.05. The van der Waals surface area contributed by atoms with Gasteiger partial charge in [-0.1, -0.05) is 12.0 Å². The van der Waals surface area contributed by atoms with Crippen molar-refractivity contribution in [2.75, 3.05) is 0 Å². The highest BCUT2D eigenvalue weighted by molar-refractivity contribution is 5.74. The fraction of sp³-hybridized carbons (Fsp3) is 0.333. The molecular weight excluding hydrogens is 290 g/mol. The number of ether oxygens (including phenoxy) is 2. The number of carbonyl (C=O) groups is 2. The topological polar surface area (TPSA) is 95.7 Å². The van der Waals surface area contributed by atoms with E-state index in [1.54, 1.807) is 6.92 Å². The van der Waals surface area contributed by atoms with Crippen LogP contribution < -0.4 is 4.74 Å². The first-order valence-corrected chi connectivity index (χ1v) is 6.53. The van der Waals surface area contributed by atoms with Crippen molar-refractivity contribution in [1.82, 2.24) is 0 Å². The molecule has 0 bridgehead atoms. The quantitative estimate of drug-likeness (QED) is 0.252. The second kappa shape index (κ2) is 8.42. The molecule has 1 unspecified atom stereocenters. The summed E-state index contributed by atoms with van der Waals surface area (Å²) in [5, 5.41) is 10.6. The number of benzene rings is 1. The maximum absolute atomic E-state index is 11.6. The van der Waals surface area contributed by atoms with Gasteiger partial charge in [-0.25, -0.2) is 0 Å². The predicted octanol–water partition coefficient (Wildman–Crippen LogP) is 2.24. The van der Waals surface area contributed by atoms with Gasteiger partial charge in [0, 0.05) is 18.9 Å². The number of terminal acetylenes is 1. The first-order valence-electron chi connectivity index (χ1n) is 6.53. The summed E-state index contributed by atoms with van der Waals surface area (Å²) in [4.78, 5) is 32.9. The van der Waals surface area contributed by atoms with Gasteiger partial charge < -0.3 is 9.47 Å². The third-order valence-electron chi connectivity index (χ3n) is 2.56. The van der Waals surface area contributed by atoms with Gasteiger partial charge in [0.25, 0.3) is 5.69 Å². The van der Waals surface area contributed by atoms with E-state index >= 15 is 0 Å². The predicted molar refractivity (Wildman–Crippen MR) is 77.0 cm³/mol. The van der Waals surface area contributed by atoms with Crippen LogP contribution in [0.3, 0.4) is 0 Å². The highest BCUT2D eigenvalue weighted by Gasteiger charge is 2.12. The Labute approximate surface area is 127 Å². The number of nitro groups is 1. The number of hydrogen-bond acceptors (Lipinski definition) is 6. The van der Waals surface area contributed by atoms with E-state index in [-0.39, 0.29) is 30.7 Å². The summed E-state index contributed by atoms with van der Waals surface area (Å²) in [6.07, 6.45) is 4.73. The normalized spacial score (nSPS) is 11.1. The summed E-state index contributed by atoms with van der Waals surface area (Å²) in [6.45, 7) is 1.56. The minimum absolute atomic E-state index is 0.0117. The van der Waals surface area contributed by atoms with Gasteiger partial charge in [0.1, 0.15) is 5.75 Å². The van der Waals surface area contributed by atoms with Gasteiger partial charge in [0.15, 0.2) is 6.10 Å². The minimum atomic E-state index is -0.607. The van der Waals surface area contributed by atoms with E-state index in [4.69, 9.17) is 15.9 Å². The van der Waals surface area contributed by atoms with Crippen LogP contribution in [0.1, 0.15) is 26.2 Å². The molecule has 0 amide bonds. The molecule has 0 aliphatic rings. The molecule has 0 radical (unpaired) electrons. The van der Waals surface area contributed by atoms with E-state index in [1.165, 1.54) is 18.2 Å². The third-order valence-corrected chi connectivity index (χ3v) is 2.56. The molecule has 22 heavy (non-hydrogen) atoms. The Bertz CT molecular complexity index is 604. The summed E-state index contributed by atoms with van der Waals surface area (Å²) in [5.41, 5.74) is -0.169. The molecule has 1 aromatic rings. The number of esters is 2. The van der Waals surface area contributed by atoms with Gasteiger partial charge in [-0.3, -0.25) is 19.7 Å². The Morgan fingerprint density at radius 2 is 2.05 bits per heavy atom. The molecule has 0 aliphatic heterocycles. The lowest BCUT2D eigenvalue weighted by atomic mass is 10.2. The zero-order valence-electron chi connectivity index (χ0n) is 12.0. The Kier molecular flexibility index (Phi) is 6.57. The van der Waals surface area contributed by atoms with Crippen LogP contribution in [0.25, 0.3) is 0 Å². The molecule has 0 fully saturated rings. The van der Waals surface area contributed by atoms with Gasteiger partial charge in [-0.15, -0.1) is 6.42 Å². The fourth-order valence-corrected chi connectivity index (χ4v) is 1.51. The van der Waals surface area contributed by atoms with E-state index in [1.807, 2.05) is 0 Å². The van der Waals surface area contributed by atoms with Crippen LogP contribution in [0.4, 0.5) is 5.69 Å². The Morgan fingerprint density at radius 1 is 1.36 bits per heavy atom. The first-order chi connectivity index (χ1) is 10.4. The van der Waals surface area contributed by atoms with Crippen molar-refractivity contribution in [3.05, 3.63) is 34.4 Å². The van der Waals surface area contributed by atoms with Gasteiger partial charge in [-0.05, 0) is 19.4 Å². The zero-order chi connectivity index (χ0) is 16.5. The molecule has 0 saturated carbocycles. The van der Waals surface area contributed by atoms with Crippen molar-refractivity contribution in [3.63, 3.8) is 0 Å². The largest absolute Gasteiger partial charge is 0.449 e. The number of hydrogen-bond donors (Lipinski definition) is 0. The number of carbonyl (C=O) groups excluding carboxylic acids is 2. The molecule has 116 valence electrons. The standard InChI is InChI=1S/C15H15NO6/c1-3-11(2)21-14(17)8-5-9-15(18)22-13-7-4-6-12(10-13)16(19)20/h1,4,6-7,10-11H,5,8-9H2,2H3. The summed E-state index contributed by atoms with van der Waals surface area (Å²) in [5.74, 6) is 1.26. The zero-order valence-corrected chi connectivity index (χ0v) is 12.0. The van der Waals surface area contributed by atoms with Gasteiger partial charge in [-0.2, -0.15) is 0 Å². The van der Waals surface area contributed by atoms with E-state index in [0.29, 0.717) is 0 Å². The Balaban J connectivity index is 2.38. The highest BCUT2D eigenvalue weighted by atomic mass is 16.6. The SMILES string of the molecule is C#CC(C)OC(=O)CCCC(=O)Oc1cccc([N+](=O)[O-])c1. The maximum Gasteiger partial charge on any atom is 0.311 e. The summed E-state index contributed by atoms with van der Waals surface area (Å²) < 4.78 is 9.80. The smallest absolute Gasteiger partial charge is 0.311 e. The second-order valence-corrected chi connectivity index (χ2v) is 4.38. The summed E-state index contributed by atoms with van der Waals surface area (Å²) in [6, 6.07) is 5.30. The van der Waals surface area contributed by atoms with Crippen LogP contribution in [-0.2, 0) is 14.3 Å². The van der Waals surface area contributed by atoms with Crippen molar-refractivity contribution in [1.29, 1.82) is 0 Å². The molecule has 7 heteroatoms. The molecule has 1 rings (SSSR count). The average Bonchev–Trinajstić information content (AvgIpc) is 2.47. The molecule has 1 atom stereocenters. The number of nitro benzene ring substituents is 1. The number of nitrogens with zero attached hydrogens (tertiary/aromatic N) is 1. The van der Waals surface area contributed by atoms with E-state index in [9.17, 15) is 19.7 Å². The van der Waals surface area contributed by atoms with E-state index in [2.05, 4.69) is 5.92 Å². The van der Waals surface area contributed by atoms with Gasteiger partial charge in [0.05, 0.1) is 11.0 Å². The lowest BCUT2D eigenvalue weighted by molar-refractivity contribution is -0.384. The monoisotopic (exact) mass is 305 g/mol. The second-order valence-electron chi connectivity index (χ2n) is 4.38. The molecule has 0 saturated heterocycles. The van der Waals surface area contributed by atoms with Crippen LogP contribution in [0, 0.1) is 22.5 Å². The molecule has 0 N–H and O–H groups in total. The minimum Gasteiger partial charge on any atom is -0.449 e. The molecule has 7 nitrogen and oxygen atoms in total. The number of non-ortho nitro benzene ring substituents is 1. The van der Waals surface area contributed by atoms with Crippen molar-refractivity contribution < 1.29 is 24.0 Å². The molecule has 0 aromatic heterocycles. The fourth-order valence-electron chi connectivity index (χ4n) is 1.51. The first kappa shape index (κ1) is 17.2. The highest BCUT2D eigenvalue weighted by Crippen LogP contribution is 2.19. The molecule has 0 aliphatic carbocycles. The van der Waals surface area contributed by atoms with E-state index < -0.39 is 23.0 Å². The molecule has 0 spiro atoms. The van der Waals surface area contributed by atoms with Gasteiger partial charge >= 0.3 is 11.9 Å². The van der Waals surface area contributed by atoms with Crippen LogP contribution in [0.15, 0.2) is 24.3 Å². The van der Waals surface area contributed by atoms with Crippen molar-refractivity contribution in [3.8, 4) is 18.1 Å². The molecular formula is C15H15NO6. The van der Waals surface area contributed by atoms with Crippen LogP contribution in [0.2, 0.25) is 0 Å². The van der Waals surface area contributed by atoms with E-state index in [0.717, 1.165) is 6.07 Å². The van der Waals surface area contributed by atoms with Crippen molar-refractivity contribution in [2.24, 2.45) is 0 Å². The maximum atomic E-state index is 11.6. The van der Waals surface area contributed by atoms with Crippen LogP contribution >= 0.6 is 0 Å². The van der Waals surface area contributed by atoms with Crippen LogP contribution in [-0.4, -0.2) is 23.0 Å². The van der Waals surface area contributed by atoms with Crippen molar-refractivity contribution >= 4 is 17.6 Å². The summed E-state index contributed by atoms with van der Waals surface area (Å²) in [7, 11) is 0. The lowest BCUT2D eigenvalue weighted by Gasteiger charge is -2.07. The van der Waals surface area contributed by atoms with Crippen molar-refractivity contribution in [2.45, 2.75) is 32.3 Å². The average molecular weight is 305 g/mol.